The van der Waals surface area contributed by atoms with Crippen molar-refractivity contribution >= 4 is 17.2 Å². The van der Waals surface area contributed by atoms with Crippen molar-refractivity contribution in [3.05, 3.63) is 131 Å². The van der Waals surface area contributed by atoms with E-state index in [2.05, 4.69) is 87.9 Å². The van der Waals surface area contributed by atoms with Gasteiger partial charge in [0.2, 0.25) is 0 Å². The fraction of sp³-hybridized carbons (Fsp3) is 0.242. The van der Waals surface area contributed by atoms with Gasteiger partial charge in [0.25, 0.3) is 0 Å². The first-order chi connectivity index (χ1) is 17.9. The molecule has 1 N–H and O–H groups in total. The van der Waals surface area contributed by atoms with Crippen molar-refractivity contribution in [2.24, 2.45) is 0 Å². The first-order valence-corrected chi connectivity index (χ1v) is 12.9. The molecule has 1 aliphatic rings. The first kappa shape index (κ1) is 24.8. The molecule has 1 saturated heterocycles. The van der Waals surface area contributed by atoms with E-state index in [1.807, 2.05) is 64.6 Å². The van der Waals surface area contributed by atoms with Crippen molar-refractivity contribution in [2.75, 3.05) is 38.0 Å². The monoisotopic (exact) mass is 489 g/mol. The van der Waals surface area contributed by atoms with Gasteiger partial charge in [-0.05, 0) is 46.5 Å². The Labute approximate surface area is 220 Å². The van der Waals surface area contributed by atoms with E-state index in [9.17, 15) is 4.79 Å². The van der Waals surface area contributed by atoms with Gasteiger partial charge in [-0.25, -0.2) is 0 Å². The second kappa shape index (κ2) is 10.6. The van der Waals surface area contributed by atoms with Crippen LogP contribution in [-0.2, 0) is 4.79 Å². The molecule has 0 saturated carbocycles. The van der Waals surface area contributed by atoms with Crippen LogP contribution in [0.1, 0.15) is 46.2 Å². The first-order valence-electron chi connectivity index (χ1n) is 12.9. The standard InChI is InChI=1S/C33H35N3O/c1-35(2)27-19-15-25(16-20-27)31-29(23-11-7-5-8-12-23)33(37)30(24-13-9-6-10-14-24)32(34-31)26-17-21-28(22-18-26)36(3)4/h5-22,29-32,34H,1-4H3. The van der Waals surface area contributed by atoms with E-state index < -0.39 is 0 Å². The normalized spacial score (nSPS) is 21.5. The van der Waals surface area contributed by atoms with Gasteiger partial charge in [0, 0.05) is 51.6 Å². The van der Waals surface area contributed by atoms with E-state index >= 15 is 0 Å². The summed E-state index contributed by atoms with van der Waals surface area (Å²) in [4.78, 5) is 18.8. The van der Waals surface area contributed by atoms with Crippen molar-refractivity contribution in [2.45, 2.75) is 23.9 Å². The molecule has 0 aliphatic carbocycles. The highest BCUT2D eigenvalue weighted by Crippen LogP contribution is 2.47. The lowest BCUT2D eigenvalue weighted by Crippen LogP contribution is -2.46. The van der Waals surface area contributed by atoms with Crippen LogP contribution < -0.4 is 15.1 Å². The maximum atomic E-state index is 14.6. The molecule has 1 fully saturated rings. The maximum Gasteiger partial charge on any atom is 0.151 e. The number of carbonyl (C=O) groups is 1. The SMILES string of the molecule is CN(C)c1ccc(C2NC(c3ccc(N(C)C)cc3)C(c3ccccc3)C(=O)C2c2ccccc2)cc1. The summed E-state index contributed by atoms with van der Waals surface area (Å²) in [6.07, 6.45) is 0. The number of nitrogens with zero attached hydrogens (tertiary/aromatic N) is 2. The fourth-order valence-electron chi connectivity index (χ4n) is 5.48. The average Bonchev–Trinajstić information content (AvgIpc) is 2.93. The van der Waals surface area contributed by atoms with Crippen LogP contribution in [-0.4, -0.2) is 34.0 Å². The van der Waals surface area contributed by atoms with Crippen LogP contribution in [0, 0.1) is 0 Å². The minimum Gasteiger partial charge on any atom is -0.378 e. The Bertz CT molecular complexity index is 1210. The van der Waals surface area contributed by atoms with Crippen LogP contribution in [0.5, 0.6) is 0 Å². The van der Waals surface area contributed by atoms with E-state index in [0.29, 0.717) is 0 Å². The molecule has 4 aromatic carbocycles. The van der Waals surface area contributed by atoms with Gasteiger partial charge < -0.3 is 15.1 Å². The summed E-state index contributed by atoms with van der Waals surface area (Å²) >= 11 is 0. The predicted molar refractivity (Wildman–Crippen MR) is 154 cm³/mol. The van der Waals surface area contributed by atoms with Crippen molar-refractivity contribution in [1.82, 2.24) is 5.32 Å². The van der Waals surface area contributed by atoms with Crippen LogP contribution in [0.2, 0.25) is 0 Å². The van der Waals surface area contributed by atoms with E-state index in [4.69, 9.17) is 0 Å². The number of Topliss-reactive ketones (excluding diaryl/α,β-unsaturated/α-hetero) is 1. The van der Waals surface area contributed by atoms with E-state index in [0.717, 1.165) is 33.6 Å². The highest BCUT2D eigenvalue weighted by molar-refractivity contribution is 5.94. The van der Waals surface area contributed by atoms with Crippen molar-refractivity contribution in [3.63, 3.8) is 0 Å². The summed E-state index contributed by atoms with van der Waals surface area (Å²) in [6, 6.07) is 37.3. The number of rotatable bonds is 6. The van der Waals surface area contributed by atoms with Gasteiger partial charge in [-0.1, -0.05) is 84.9 Å². The Morgan fingerprint density at radius 1 is 0.486 bits per heavy atom. The Morgan fingerprint density at radius 3 is 1.16 bits per heavy atom. The molecular weight excluding hydrogens is 454 g/mol. The van der Waals surface area contributed by atoms with Gasteiger partial charge in [0.15, 0.2) is 5.78 Å². The molecule has 4 unspecified atom stereocenters. The van der Waals surface area contributed by atoms with Gasteiger partial charge in [-0.3, -0.25) is 4.79 Å². The van der Waals surface area contributed by atoms with Crippen LogP contribution >= 0.6 is 0 Å². The summed E-state index contributed by atoms with van der Waals surface area (Å²) in [5.41, 5.74) is 6.61. The Balaban J connectivity index is 1.64. The molecule has 0 spiro atoms. The molecule has 4 atom stereocenters. The molecular formula is C33H35N3O. The third-order valence-electron chi connectivity index (χ3n) is 7.49. The van der Waals surface area contributed by atoms with Crippen molar-refractivity contribution < 1.29 is 4.79 Å². The van der Waals surface area contributed by atoms with E-state index in [1.54, 1.807) is 0 Å². The smallest absolute Gasteiger partial charge is 0.151 e. The van der Waals surface area contributed by atoms with Crippen LogP contribution in [0.3, 0.4) is 0 Å². The Hall–Kier alpha value is -3.89. The van der Waals surface area contributed by atoms with Gasteiger partial charge in [0.05, 0.1) is 11.8 Å². The second-order valence-corrected chi connectivity index (χ2v) is 10.3. The number of carbonyl (C=O) groups excluding carboxylic acids is 1. The molecule has 0 radical (unpaired) electrons. The van der Waals surface area contributed by atoms with Crippen LogP contribution in [0.25, 0.3) is 0 Å². The molecule has 4 heteroatoms. The highest BCUT2D eigenvalue weighted by Gasteiger charge is 2.45. The van der Waals surface area contributed by atoms with Gasteiger partial charge in [0.1, 0.15) is 0 Å². The summed E-state index contributed by atoms with van der Waals surface area (Å²) < 4.78 is 0. The summed E-state index contributed by atoms with van der Waals surface area (Å²) in [6.45, 7) is 0. The summed E-state index contributed by atoms with van der Waals surface area (Å²) in [5, 5.41) is 3.96. The highest BCUT2D eigenvalue weighted by atomic mass is 16.1. The van der Waals surface area contributed by atoms with Crippen molar-refractivity contribution in [3.8, 4) is 0 Å². The Kier molecular flexibility index (Phi) is 7.11. The number of hydrogen-bond acceptors (Lipinski definition) is 4. The molecule has 5 rings (SSSR count). The number of ketones is 1. The number of benzene rings is 4. The van der Waals surface area contributed by atoms with Gasteiger partial charge in [-0.2, -0.15) is 0 Å². The molecule has 0 aromatic heterocycles. The topological polar surface area (TPSA) is 35.6 Å². The van der Waals surface area contributed by atoms with Crippen molar-refractivity contribution in [1.29, 1.82) is 0 Å². The number of nitrogens with one attached hydrogen (secondary N) is 1. The lowest BCUT2D eigenvalue weighted by Gasteiger charge is -2.42. The quantitative estimate of drug-likeness (QED) is 0.343. The number of anilines is 2. The molecule has 0 bridgehead atoms. The minimum absolute atomic E-state index is 0.149. The summed E-state index contributed by atoms with van der Waals surface area (Å²) in [5.74, 6) is -0.345. The van der Waals surface area contributed by atoms with E-state index in [-0.39, 0.29) is 29.7 Å². The Morgan fingerprint density at radius 2 is 0.838 bits per heavy atom. The molecule has 188 valence electrons. The second-order valence-electron chi connectivity index (χ2n) is 10.3. The zero-order valence-corrected chi connectivity index (χ0v) is 22.0. The lowest BCUT2D eigenvalue weighted by molar-refractivity contribution is -0.125. The molecule has 4 aromatic rings. The predicted octanol–water partition coefficient (Wildman–Crippen LogP) is 6.34. The number of piperidine rings is 1. The minimum atomic E-state index is -0.297. The van der Waals surface area contributed by atoms with Crippen LogP contribution in [0.4, 0.5) is 11.4 Å². The van der Waals surface area contributed by atoms with Crippen LogP contribution in [0.15, 0.2) is 109 Å². The third kappa shape index (κ3) is 5.03. The maximum absolute atomic E-state index is 14.6. The van der Waals surface area contributed by atoms with Gasteiger partial charge in [-0.15, -0.1) is 0 Å². The van der Waals surface area contributed by atoms with E-state index in [1.165, 1.54) is 0 Å². The molecule has 4 nitrogen and oxygen atoms in total. The largest absolute Gasteiger partial charge is 0.378 e. The average molecular weight is 490 g/mol. The fourth-order valence-corrected chi connectivity index (χ4v) is 5.48. The molecule has 1 aliphatic heterocycles. The molecule has 37 heavy (non-hydrogen) atoms. The summed E-state index contributed by atoms with van der Waals surface area (Å²) in [7, 11) is 8.17. The zero-order chi connectivity index (χ0) is 25.9. The lowest BCUT2D eigenvalue weighted by atomic mass is 9.70. The third-order valence-corrected chi connectivity index (χ3v) is 7.49. The zero-order valence-electron chi connectivity index (χ0n) is 22.0. The number of hydrogen-bond donors (Lipinski definition) is 1. The molecule has 1 heterocycles. The van der Waals surface area contributed by atoms with Gasteiger partial charge >= 0.3 is 0 Å². The molecule has 0 amide bonds.